The zero-order valence-corrected chi connectivity index (χ0v) is 14.2. The predicted octanol–water partition coefficient (Wildman–Crippen LogP) is 1.82. The van der Waals surface area contributed by atoms with Crippen LogP contribution < -0.4 is 4.74 Å². The highest BCUT2D eigenvalue weighted by molar-refractivity contribution is 7.89. The molecule has 0 saturated carbocycles. The Kier molecular flexibility index (Phi) is 5.18. The fourth-order valence-electron chi connectivity index (χ4n) is 3.42. The van der Waals surface area contributed by atoms with Gasteiger partial charge in [0.25, 0.3) is 0 Å². The summed E-state index contributed by atoms with van der Waals surface area (Å²) in [5.41, 5.74) is 0. The van der Waals surface area contributed by atoms with E-state index in [1.165, 1.54) is 0 Å². The molecule has 0 aromatic carbocycles. The maximum Gasteiger partial charge on any atom is 0.214 e. The van der Waals surface area contributed by atoms with Crippen molar-refractivity contribution >= 4 is 10.0 Å². The summed E-state index contributed by atoms with van der Waals surface area (Å²) in [5.74, 6) is 0.959. The van der Waals surface area contributed by atoms with Crippen LogP contribution in [0.2, 0.25) is 0 Å². The van der Waals surface area contributed by atoms with Gasteiger partial charge in [0.1, 0.15) is 12.4 Å². The second kappa shape index (κ2) is 7.15. The van der Waals surface area contributed by atoms with Crippen molar-refractivity contribution in [3.05, 3.63) is 24.5 Å². The molecule has 1 aromatic heterocycles. The van der Waals surface area contributed by atoms with Gasteiger partial charge in [-0.25, -0.2) is 8.42 Å². The van der Waals surface area contributed by atoms with Crippen molar-refractivity contribution in [3.8, 4) is 5.75 Å². The molecule has 2 saturated heterocycles. The highest BCUT2D eigenvalue weighted by atomic mass is 32.2. The molecule has 0 amide bonds. The quantitative estimate of drug-likeness (QED) is 0.790. The summed E-state index contributed by atoms with van der Waals surface area (Å²) in [7, 11) is -3.14. The van der Waals surface area contributed by atoms with Crippen molar-refractivity contribution in [2.45, 2.75) is 50.9 Å². The van der Waals surface area contributed by atoms with Crippen LogP contribution in [0.1, 0.15) is 32.6 Å². The Morgan fingerprint density at radius 1 is 1.39 bits per heavy atom. The van der Waals surface area contributed by atoms with Crippen molar-refractivity contribution in [3.63, 3.8) is 0 Å². The normalized spacial score (nSPS) is 28.5. The first-order valence-corrected chi connectivity index (χ1v) is 9.89. The van der Waals surface area contributed by atoms with Gasteiger partial charge in [0, 0.05) is 12.7 Å². The van der Waals surface area contributed by atoms with Crippen LogP contribution in [0, 0.1) is 0 Å². The molecule has 0 aliphatic carbocycles. The molecule has 3 heterocycles. The number of hydrogen-bond acceptors (Lipinski definition) is 5. The van der Waals surface area contributed by atoms with E-state index < -0.39 is 10.0 Å². The van der Waals surface area contributed by atoms with E-state index in [4.69, 9.17) is 9.47 Å². The molecule has 0 N–H and O–H groups in total. The molecule has 128 valence electrons. The van der Waals surface area contributed by atoms with E-state index in [1.807, 2.05) is 19.1 Å². The summed E-state index contributed by atoms with van der Waals surface area (Å²) in [6.45, 7) is 2.96. The summed E-state index contributed by atoms with van der Waals surface area (Å²) in [4.78, 5) is 4.02. The highest BCUT2D eigenvalue weighted by Gasteiger charge is 2.44. The Morgan fingerprint density at radius 3 is 3.00 bits per heavy atom. The van der Waals surface area contributed by atoms with Gasteiger partial charge >= 0.3 is 0 Å². The van der Waals surface area contributed by atoms with Gasteiger partial charge in [-0.1, -0.05) is 6.92 Å². The third-order valence-electron chi connectivity index (χ3n) is 4.47. The molecule has 0 spiro atoms. The van der Waals surface area contributed by atoms with Crippen LogP contribution in [0.4, 0.5) is 0 Å². The Morgan fingerprint density at radius 2 is 2.26 bits per heavy atom. The van der Waals surface area contributed by atoms with E-state index in [-0.39, 0.29) is 24.0 Å². The van der Waals surface area contributed by atoms with Crippen LogP contribution in [0.3, 0.4) is 0 Å². The average molecular weight is 340 g/mol. The van der Waals surface area contributed by atoms with E-state index in [2.05, 4.69) is 4.98 Å². The van der Waals surface area contributed by atoms with Gasteiger partial charge in [0.05, 0.1) is 30.2 Å². The second-order valence-corrected chi connectivity index (χ2v) is 8.20. The van der Waals surface area contributed by atoms with Crippen molar-refractivity contribution in [2.24, 2.45) is 0 Å². The first-order chi connectivity index (χ1) is 11.1. The Balaban J connectivity index is 1.54. The molecule has 2 aliphatic heterocycles. The number of aromatic nitrogens is 1. The minimum Gasteiger partial charge on any atom is -0.489 e. The van der Waals surface area contributed by atoms with Crippen LogP contribution in [-0.4, -0.2) is 54.9 Å². The second-order valence-electron chi connectivity index (χ2n) is 6.16. The van der Waals surface area contributed by atoms with Gasteiger partial charge in [-0.3, -0.25) is 4.98 Å². The van der Waals surface area contributed by atoms with E-state index >= 15 is 0 Å². The zero-order valence-electron chi connectivity index (χ0n) is 13.4. The molecule has 0 bridgehead atoms. The number of fused-ring (bicyclic) bond motifs is 1. The minimum atomic E-state index is -3.14. The molecule has 3 rings (SSSR count). The number of rotatable bonds is 6. The lowest BCUT2D eigenvalue weighted by Gasteiger charge is -2.35. The zero-order chi connectivity index (χ0) is 16.3. The Bertz CT molecular complexity index is 608. The predicted molar refractivity (Wildman–Crippen MR) is 86.8 cm³/mol. The summed E-state index contributed by atoms with van der Waals surface area (Å²) < 4.78 is 38.1. The van der Waals surface area contributed by atoms with Crippen molar-refractivity contribution in [1.82, 2.24) is 9.29 Å². The average Bonchev–Trinajstić information content (AvgIpc) is 2.98. The SMILES string of the molecule is CCCS(=O)(=O)N1CC[C@@H]2O[C@@H](COc3cccnc3)CC[C@@H]21. The third-order valence-corrected chi connectivity index (χ3v) is 6.57. The Hall–Kier alpha value is -1.18. The largest absolute Gasteiger partial charge is 0.489 e. The Labute approximate surface area is 137 Å². The number of hydrogen-bond donors (Lipinski definition) is 0. The number of ether oxygens (including phenoxy) is 2. The van der Waals surface area contributed by atoms with Gasteiger partial charge in [0.15, 0.2) is 0 Å². The van der Waals surface area contributed by atoms with Gasteiger partial charge in [-0.2, -0.15) is 4.31 Å². The molecule has 0 radical (unpaired) electrons. The van der Waals surface area contributed by atoms with Crippen molar-refractivity contribution < 1.29 is 17.9 Å². The molecule has 3 atom stereocenters. The van der Waals surface area contributed by atoms with Crippen LogP contribution in [0.15, 0.2) is 24.5 Å². The van der Waals surface area contributed by atoms with E-state index in [9.17, 15) is 8.42 Å². The lowest BCUT2D eigenvalue weighted by molar-refractivity contribution is -0.0767. The van der Waals surface area contributed by atoms with Crippen molar-refractivity contribution in [2.75, 3.05) is 18.9 Å². The maximum absolute atomic E-state index is 12.3. The summed E-state index contributed by atoms with van der Waals surface area (Å²) in [5, 5.41) is 0. The van der Waals surface area contributed by atoms with Gasteiger partial charge in [-0.15, -0.1) is 0 Å². The molecule has 0 unspecified atom stereocenters. The van der Waals surface area contributed by atoms with Crippen LogP contribution in [-0.2, 0) is 14.8 Å². The van der Waals surface area contributed by atoms with Crippen LogP contribution in [0.5, 0.6) is 5.75 Å². The molecule has 7 heteroatoms. The van der Waals surface area contributed by atoms with Crippen LogP contribution >= 0.6 is 0 Å². The number of sulfonamides is 1. The van der Waals surface area contributed by atoms with Crippen molar-refractivity contribution in [1.29, 1.82) is 0 Å². The molecule has 2 aliphatic rings. The monoisotopic (exact) mass is 340 g/mol. The summed E-state index contributed by atoms with van der Waals surface area (Å²) in [6, 6.07) is 3.70. The van der Waals surface area contributed by atoms with Gasteiger partial charge in [-0.05, 0) is 37.8 Å². The van der Waals surface area contributed by atoms with E-state index in [0.29, 0.717) is 19.6 Å². The summed E-state index contributed by atoms with van der Waals surface area (Å²) >= 11 is 0. The fourth-order valence-corrected chi connectivity index (χ4v) is 5.21. The smallest absolute Gasteiger partial charge is 0.214 e. The molecule has 6 nitrogen and oxygen atoms in total. The molecule has 2 fully saturated rings. The summed E-state index contributed by atoms with van der Waals surface area (Å²) in [6.07, 6.45) is 6.49. The van der Waals surface area contributed by atoms with Crippen LogP contribution in [0.25, 0.3) is 0 Å². The lowest BCUT2D eigenvalue weighted by atomic mass is 10.0. The highest BCUT2D eigenvalue weighted by Crippen LogP contribution is 2.33. The van der Waals surface area contributed by atoms with E-state index in [1.54, 1.807) is 16.7 Å². The molecule has 1 aromatic rings. The number of pyridine rings is 1. The standard InChI is InChI=1S/C16H24N2O4S/c1-2-10-23(19,20)18-9-7-16-15(18)6-5-14(22-16)12-21-13-4-3-8-17-11-13/h3-4,8,11,14-16H,2,5-7,9-10,12H2,1H3/t14-,15+,16+/m1/s1. The molecular formula is C16H24N2O4S. The minimum absolute atomic E-state index is 0.00110. The molecule has 23 heavy (non-hydrogen) atoms. The third kappa shape index (κ3) is 3.84. The first-order valence-electron chi connectivity index (χ1n) is 8.28. The molecular weight excluding hydrogens is 316 g/mol. The first kappa shape index (κ1) is 16.7. The van der Waals surface area contributed by atoms with Gasteiger partial charge < -0.3 is 9.47 Å². The lowest BCUT2D eigenvalue weighted by Crippen LogP contribution is -2.46. The van der Waals surface area contributed by atoms with Gasteiger partial charge in [0.2, 0.25) is 10.0 Å². The maximum atomic E-state index is 12.3. The fraction of sp³-hybridized carbons (Fsp3) is 0.688. The number of nitrogens with zero attached hydrogens (tertiary/aromatic N) is 2. The van der Waals surface area contributed by atoms with E-state index in [0.717, 1.165) is 25.0 Å². The topological polar surface area (TPSA) is 68.7 Å².